The van der Waals surface area contributed by atoms with E-state index >= 15 is 0 Å². The first kappa shape index (κ1) is 20.6. The topological polar surface area (TPSA) is 107 Å². The van der Waals surface area contributed by atoms with Crippen LogP contribution in [0.15, 0.2) is 12.4 Å². The van der Waals surface area contributed by atoms with Crippen LogP contribution in [0.4, 0.5) is 5.82 Å². The van der Waals surface area contributed by atoms with Crippen LogP contribution in [-0.4, -0.2) is 44.0 Å². The summed E-state index contributed by atoms with van der Waals surface area (Å²) in [6, 6.07) is 2.16. The Hall–Kier alpha value is -1.44. The van der Waals surface area contributed by atoms with Crippen molar-refractivity contribution in [2.24, 2.45) is 5.92 Å². The summed E-state index contributed by atoms with van der Waals surface area (Å²) in [6.45, 7) is 6.55. The van der Waals surface area contributed by atoms with Crippen LogP contribution in [0, 0.1) is 5.92 Å². The molecule has 1 fully saturated rings. The van der Waals surface area contributed by atoms with Crippen LogP contribution in [-0.2, 0) is 4.79 Å². The molecule has 1 aliphatic carbocycles. The van der Waals surface area contributed by atoms with Gasteiger partial charge >= 0.3 is 0 Å². The van der Waals surface area contributed by atoms with Gasteiger partial charge in [-0.25, -0.2) is 9.97 Å². The van der Waals surface area contributed by atoms with Gasteiger partial charge in [0, 0.05) is 24.1 Å². The van der Waals surface area contributed by atoms with Crippen LogP contribution < -0.4 is 10.6 Å². The summed E-state index contributed by atoms with van der Waals surface area (Å²) in [7, 11) is 0. The Kier molecular flexibility index (Phi) is 7.86. The van der Waals surface area contributed by atoms with Crippen molar-refractivity contribution >= 4 is 23.3 Å². The fraction of sp³-hybridized carbons (Fsp3) is 0.688. The highest BCUT2D eigenvalue weighted by molar-refractivity contribution is 6.29. The van der Waals surface area contributed by atoms with Crippen LogP contribution in [0.3, 0.4) is 0 Å². The van der Waals surface area contributed by atoms with E-state index in [2.05, 4.69) is 20.6 Å². The molecule has 136 valence electrons. The van der Waals surface area contributed by atoms with Crippen LogP contribution in [0.25, 0.3) is 0 Å². The second kappa shape index (κ2) is 9.15. The summed E-state index contributed by atoms with van der Waals surface area (Å²) in [6.07, 6.45) is 4.15. The van der Waals surface area contributed by atoms with Crippen LogP contribution >= 0.6 is 11.6 Å². The van der Waals surface area contributed by atoms with Crippen molar-refractivity contribution in [3.8, 4) is 0 Å². The summed E-state index contributed by atoms with van der Waals surface area (Å²) in [5.41, 5.74) is 0. The number of carbonyl (C=O) groups excluding carboxylic acids is 1. The van der Waals surface area contributed by atoms with Crippen molar-refractivity contribution < 1.29 is 15.0 Å². The zero-order chi connectivity index (χ0) is 18.3. The van der Waals surface area contributed by atoms with E-state index in [1.807, 2.05) is 13.8 Å². The minimum atomic E-state index is -1.50. The van der Waals surface area contributed by atoms with Crippen molar-refractivity contribution in [3.63, 3.8) is 0 Å². The molecule has 1 amide bonds. The quantitative estimate of drug-likeness (QED) is 0.484. The molecule has 8 heteroatoms. The fourth-order valence-electron chi connectivity index (χ4n) is 2.37. The van der Waals surface area contributed by atoms with E-state index < -0.39 is 5.79 Å². The van der Waals surface area contributed by atoms with E-state index in [1.165, 1.54) is 20.2 Å². The molecule has 7 nitrogen and oxygen atoms in total. The van der Waals surface area contributed by atoms with Gasteiger partial charge in [0.25, 0.3) is 0 Å². The molecule has 1 heterocycles. The Morgan fingerprint density at radius 1 is 1.33 bits per heavy atom. The highest BCUT2D eigenvalue weighted by atomic mass is 35.5. The van der Waals surface area contributed by atoms with Crippen molar-refractivity contribution in [2.45, 2.75) is 64.8 Å². The van der Waals surface area contributed by atoms with Crippen molar-refractivity contribution in [1.29, 1.82) is 0 Å². The van der Waals surface area contributed by atoms with Gasteiger partial charge in [-0.2, -0.15) is 0 Å². The van der Waals surface area contributed by atoms with Crippen molar-refractivity contribution in [2.75, 3.05) is 5.32 Å². The van der Waals surface area contributed by atoms with Crippen LogP contribution in [0.2, 0.25) is 5.15 Å². The molecule has 4 N–H and O–H groups in total. The predicted molar refractivity (Wildman–Crippen MR) is 93.6 cm³/mol. The van der Waals surface area contributed by atoms with Gasteiger partial charge in [-0.05, 0) is 47.0 Å². The highest BCUT2D eigenvalue weighted by Gasteiger charge is 2.30. The summed E-state index contributed by atoms with van der Waals surface area (Å²) in [5, 5.41) is 22.8. The maximum atomic E-state index is 11.9. The molecule has 0 aliphatic heterocycles. The molecule has 1 aromatic rings. The van der Waals surface area contributed by atoms with Crippen LogP contribution in [0.5, 0.6) is 0 Å². The largest absolute Gasteiger partial charge is 0.367 e. The fourth-order valence-corrected chi connectivity index (χ4v) is 2.52. The number of nitrogens with one attached hydrogen (secondary N) is 2. The van der Waals surface area contributed by atoms with E-state index in [1.54, 1.807) is 6.07 Å². The number of aromatic nitrogens is 2. The summed E-state index contributed by atoms with van der Waals surface area (Å²) >= 11 is 5.81. The SMILES string of the molecule is CC(C)(O)O.CC(C)NC(=O)[C@@H]1CC[C@H](Nc2cc(Cl)ncn2)C1. The standard InChI is InChI=1S/C13H19ClN4O.C3H8O2/c1-8(2)17-13(19)9-3-4-10(5-9)18-12-6-11(14)15-7-16-12;1-3(2,4)5/h6-10H,3-5H2,1-2H3,(H,17,19)(H,15,16,18);4-5H,1-2H3/t9-,10+;/m1./s1. The summed E-state index contributed by atoms with van der Waals surface area (Å²) in [4.78, 5) is 19.9. The number of halogens is 1. The molecule has 1 aliphatic rings. The average Bonchev–Trinajstić information content (AvgIpc) is 2.84. The maximum absolute atomic E-state index is 11.9. The number of amides is 1. The molecule has 0 aromatic carbocycles. The molecule has 0 radical (unpaired) electrons. The molecule has 0 saturated heterocycles. The van der Waals surface area contributed by atoms with Gasteiger partial charge in [-0.3, -0.25) is 4.79 Å². The number of carbonyl (C=O) groups is 1. The minimum absolute atomic E-state index is 0.0946. The van der Waals surface area contributed by atoms with Crippen molar-refractivity contribution in [3.05, 3.63) is 17.5 Å². The summed E-state index contributed by atoms with van der Waals surface area (Å²) < 4.78 is 0. The number of hydrogen-bond acceptors (Lipinski definition) is 6. The number of anilines is 1. The zero-order valence-corrected chi connectivity index (χ0v) is 15.3. The minimum Gasteiger partial charge on any atom is -0.367 e. The Balaban J connectivity index is 0.000000505. The van der Waals surface area contributed by atoms with E-state index in [9.17, 15) is 4.79 Å². The lowest BCUT2D eigenvalue weighted by Gasteiger charge is -2.15. The van der Waals surface area contributed by atoms with E-state index in [0.717, 1.165) is 25.1 Å². The lowest BCUT2D eigenvalue weighted by Crippen LogP contribution is -2.35. The van der Waals surface area contributed by atoms with Gasteiger partial charge in [-0.1, -0.05) is 11.6 Å². The lowest BCUT2D eigenvalue weighted by molar-refractivity contribution is -0.127. The third kappa shape index (κ3) is 9.00. The highest BCUT2D eigenvalue weighted by Crippen LogP contribution is 2.28. The Morgan fingerprint density at radius 3 is 2.50 bits per heavy atom. The lowest BCUT2D eigenvalue weighted by atomic mass is 10.1. The molecule has 1 saturated carbocycles. The summed E-state index contributed by atoms with van der Waals surface area (Å²) in [5.74, 6) is -0.535. The number of aliphatic hydroxyl groups is 2. The first-order valence-corrected chi connectivity index (χ1v) is 8.41. The molecule has 1 aromatic heterocycles. The Labute approximate surface area is 147 Å². The smallest absolute Gasteiger partial charge is 0.223 e. The Morgan fingerprint density at radius 2 is 1.96 bits per heavy atom. The monoisotopic (exact) mass is 358 g/mol. The molecule has 2 rings (SSSR count). The van der Waals surface area contributed by atoms with Gasteiger partial charge in [0.15, 0.2) is 5.79 Å². The van der Waals surface area contributed by atoms with E-state index in [-0.39, 0.29) is 23.9 Å². The number of hydrogen-bond donors (Lipinski definition) is 4. The second-order valence-corrected chi connectivity index (χ2v) is 7.12. The Bertz CT molecular complexity index is 528. The van der Waals surface area contributed by atoms with Gasteiger partial charge < -0.3 is 20.8 Å². The van der Waals surface area contributed by atoms with E-state index in [0.29, 0.717) is 5.15 Å². The zero-order valence-electron chi connectivity index (χ0n) is 14.6. The second-order valence-electron chi connectivity index (χ2n) is 6.73. The first-order valence-electron chi connectivity index (χ1n) is 8.04. The average molecular weight is 359 g/mol. The van der Waals surface area contributed by atoms with Gasteiger partial charge in [0.05, 0.1) is 0 Å². The van der Waals surface area contributed by atoms with Crippen molar-refractivity contribution in [1.82, 2.24) is 15.3 Å². The molecule has 0 spiro atoms. The number of rotatable bonds is 4. The predicted octanol–water partition coefficient (Wildman–Crippen LogP) is 1.94. The van der Waals surface area contributed by atoms with Gasteiger partial charge in [-0.15, -0.1) is 0 Å². The van der Waals surface area contributed by atoms with Gasteiger partial charge in [0.2, 0.25) is 5.91 Å². The molecule has 24 heavy (non-hydrogen) atoms. The molecule has 0 bridgehead atoms. The van der Waals surface area contributed by atoms with E-state index in [4.69, 9.17) is 21.8 Å². The third-order valence-electron chi connectivity index (χ3n) is 3.22. The van der Waals surface area contributed by atoms with Gasteiger partial charge in [0.1, 0.15) is 17.3 Å². The molecule has 0 unspecified atom stereocenters. The normalized spacial score (nSPS) is 20.3. The molecular formula is C16H27ClN4O3. The first-order chi connectivity index (χ1) is 11.0. The molecule has 2 atom stereocenters. The maximum Gasteiger partial charge on any atom is 0.223 e. The third-order valence-corrected chi connectivity index (χ3v) is 3.43. The number of nitrogens with zero attached hydrogens (tertiary/aromatic N) is 2. The molecular weight excluding hydrogens is 332 g/mol. The van der Waals surface area contributed by atoms with Crippen LogP contribution in [0.1, 0.15) is 47.0 Å².